The van der Waals surface area contributed by atoms with Gasteiger partial charge in [-0.3, -0.25) is 4.72 Å². The molecule has 0 spiro atoms. The smallest absolute Gasteiger partial charge is 0.229 e. The maximum atomic E-state index is 11.7. The van der Waals surface area contributed by atoms with Crippen molar-refractivity contribution in [1.29, 1.82) is 0 Å². The Balaban J connectivity index is 2.18. The van der Waals surface area contributed by atoms with E-state index < -0.39 is 10.0 Å². The van der Waals surface area contributed by atoms with Crippen LogP contribution in [0.2, 0.25) is 0 Å². The fourth-order valence-corrected chi connectivity index (χ4v) is 4.32. The van der Waals surface area contributed by atoms with Crippen LogP contribution in [0.3, 0.4) is 0 Å². The second kappa shape index (κ2) is 6.80. The Morgan fingerprint density at radius 3 is 2.42 bits per heavy atom. The van der Waals surface area contributed by atoms with Crippen LogP contribution < -0.4 is 4.72 Å². The van der Waals surface area contributed by atoms with Gasteiger partial charge in [0.25, 0.3) is 0 Å². The van der Waals surface area contributed by atoms with Crippen LogP contribution in [0.4, 0.5) is 5.69 Å². The number of fused-ring (bicyclic) bond motifs is 1. The summed E-state index contributed by atoms with van der Waals surface area (Å²) in [6.07, 6.45) is 5.25. The number of benzene rings is 2. The van der Waals surface area contributed by atoms with E-state index >= 15 is 0 Å². The number of aromatic amines is 1. The van der Waals surface area contributed by atoms with Gasteiger partial charge < -0.3 is 4.98 Å². The third-order valence-electron chi connectivity index (χ3n) is 5.04. The van der Waals surface area contributed by atoms with Crippen molar-refractivity contribution in [3.05, 3.63) is 65.4 Å². The van der Waals surface area contributed by atoms with E-state index in [2.05, 4.69) is 60.8 Å². The molecule has 1 unspecified atom stereocenters. The minimum atomic E-state index is -3.33. The van der Waals surface area contributed by atoms with Crippen LogP contribution in [0.5, 0.6) is 0 Å². The zero-order chi connectivity index (χ0) is 18.9. The Hall–Kier alpha value is -2.27. The van der Waals surface area contributed by atoms with Crippen molar-refractivity contribution in [3.8, 4) is 0 Å². The van der Waals surface area contributed by atoms with Crippen LogP contribution in [0.25, 0.3) is 10.9 Å². The minimum Gasteiger partial charge on any atom is -0.359 e. The molecule has 0 amide bonds. The van der Waals surface area contributed by atoms with Gasteiger partial charge in [0.1, 0.15) is 0 Å². The van der Waals surface area contributed by atoms with E-state index in [-0.39, 0.29) is 5.41 Å². The molecule has 0 saturated heterocycles. The first-order valence-electron chi connectivity index (χ1n) is 8.90. The van der Waals surface area contributed by atoms with Crippen molar-refractivity contribution in [3.63, 3.8) is 0 Å². The molecule has 138 valence electrons. The molecule has 1 atom stereocenters. The summed E-state index contributed by atoms with van der Waals surface area (Å²) in [7, 11) is -3.33. The highest BCUT2D eigenvalue weighted by Crippen LogP contribution is 2.41. The lowest BCUT2D eigenvalue weighted by atomic mass is 9.73. The van der Waals surface area contributed by atoms with Gasteiger partial charge in [-0.15, -0.1) is 0 Å². The van der Waals surface area contributed by atoms with E-state index in [0.717, 1.165) is 23.7 Å². The number of sulfonamides is 1. The summed E-state index contributed by atoms with van der Waals surface area (Å²) >= 11 is 0. The number of hydrogen-bond acceptors (Lipinski definition) is 2. The molecule has 2 N–H and O–H groups in total. The van der Waals surface area contributed by atoms with Gasteiger partial charge in [0.2, 0.25) is 10.0 Å². The lowest BCUT2D eigenvalue weighted by Crippen LogP contribution is -2.23. The van der Waals surface area contributed by atoms with E-state index in [0.29, 0.717) is 5.69 Å². The lowest BCUT2D eigenvalue weighted by Gasteiger charge is -2.30. The standard InChI is InChI=1S/C21H26N2O2S/c1-5-13-21(3,16-11-9-15(2)10-12-16)18-14-22-20-17(18)7-6-8-19(20)23-26(4,24)25/h6-12,14,22-23H,5,13H2,1-4H3. The van der Waals surface area contributed by atoms with Gasteiger partial charge in [-0.1, -0.05) is 62.2 Å². The SMILES string of the molecule is CCCC(C)(c1ccc(C)cc1)c1c[nH]c2c(NS(C)(=O)=O)cccc12. The van der Waals surface area contributed by atoms with Gasteiger partial charge in [0.15, 0.2) is 0 Å². The topological polar surface area (TPSA) is 62.0 Å². The fraction of sp³-hybridized carbons (Fsp3) is 0.333. The Morgan fingerprint density at radius 1 is 1.12 bits per heavy atom. The first-order chi connectivity index (χ1) is 12.2. The summed E-state index contributed by atoms with van der Waals surface area (Å²) in [5.41, 5.74) is 4.96. The van der Waals surface area contributed by atoms with E-state index in [1.165, 1.54) is 22.9 Å². The maximum Gasteiger partial charge on any atom is 0.229 e. The molecule has 0 radical (unpaired) electrons. The summed E-state index contributed by atoms with van der Waals surface area (Å²) in [5.74, 6) is 0. The number of anilines is 1. The highest BCUT2D eigenvalue weighted by Gasteiger charge is 2.31. The van der Waals surface area contributed by atoms with Gasteiger partial charge in [0, 0.05) is 17.0 Å². The third kappa shape index (κ3) is 3.49. The van der Waals surface area contributed by atoms with E-state index in [9.17, 15) is 8.42 Å². The molecular formula is C21H26N2O2S. The largest absolute Gasteiger partial charge is 0.359 e. The van der Waals surface area contributed by atoms with E-state index in [1.807, 2.05) is 12.3 Å². The summed E-state index contributed by atoms with van der Waals surface area (Å²) < 4.78 is 26.0. The lowest BCUT2D eigenvalue weighted by molar-refractivity contribution is 0.515. The molecule has 26 heavy (non-hydrogen) atoms. The molecule has 4 nitrogen and oxygen atoms in total. The fourth-order valence-electron chi connectivity index (χ4n) is 3.75. The average Bonchev–Trinajstić information content (AvgIpc) is 3.00. The van der Waals surface area contributed by atoms with E-state index in [4.69, 9.17) is 0 Å². The number of hydrogen-bond donors (Lipinski definition) is 2. The molecule has 0 fully saturated rings. The van der Waals surface area contributed by atoms with Crippen molar-refractivity contribution in [1.82, 2.24) is 4.98 Å². The quantitative estimate of drug-likeness (QED) is 0.644. The third-order valence-corrected chi connectivity index (χ3v) is 5.63. The number of para-hydroxylation sites is 1. The number of H-pyrrole nitrogens is 1. The molecule has 1 aromatic heterocycles. The van der Waals surface area contributed by atoms with Gasteiger partial charge in [-0.2, -0.15) is 0 Å². The number of nitrogens with one attached hydrogen (secondary N) is 2. The van der Waals surface area contributed by atoms with Crippen molar-refractivity contribution in [2.45, 2.75) is 39.0 Å². The van der Waals surface area contributed by atoms with Gasteiger partial charge in [-0.25, -0.2) is 8.42 Å². The molecule has 0 saturated carbocycles. The normalized spacial score (nSPS) is 14.3. The molecule has 3 rings (SSSR count). The Morgan fingerprint density at radius 2 is 1.81 bits per heavy atom. The van der Waals surface area contributed by atoms with Crippen molar-refractivity contribution in [2.75, 3.05) is 11.0 Å². The molecular weight excluding hydrogens is 344 g/mol. The zero-order valence-corrected chi connectivity index (χ0v) is 16.6. The van der Waals surface area contributed by atoms with Crippen LogP contribution >= 0.6 is 0 Å². The molecule has 0 aliphatic carbocycles. The highest BCUT2D eigenvalue weighted by molar-refractivity contribution is 7.92. The minimum absolute atomic E-state index is 0.148. The summed E-state index contributed by atoms with van der Waals surface area (Å²) in [4.78, 5) is 3.30. The first kappa shape index (κ1) is 18.5. The molecule has 0 aliphatic heterocycles. The van der Waals surface area contributed by atoms with Crippen LogP contribution in [0.15, 0.2) is 48.7 Å². The highest BCUT2D eigenvalue weighted by atomic mass is 32.2. The van der Waals surface area contributed by atoms with E-state index in [1.54, 1.807) is 6.07 Å². The number of aromatic nitrogens is 1. The summed E-state index contributed by atoms with van der Waals surface area (Å²) in [6.45, 7) is 6.55. The number of aryl methyl sites for hydroxylation is 1. The van der Waals surface area contributed by atoms with Crippen LogP contribution in [-0.2, 0) is 15.4 Å². The van der Waals surface area contributed by atoms with Crippen LogP contribution in [-0.4, -0.2) is 19.7 Å². The molecule has 1 heterocycles. The average molecular weight is 371 g/mol. The van der Waals surface area contributed by atoms with Crippen molar-refractivity contribution < 1.29 is 8.42 Å². The van der Waals surface area contributed by atoms with Crippen LogP contribution in [0, 0.1) is 6.92 Å². The predicted molar refractivity (Wildman–Crippen MR) is 109 cm³/mol. The maximum absolute atomic E-state index is 11.7. The second-order valence-electron chi connectivity index (χ2n) is 7.25. The molecule has 5 heteroatoms. The number of rotatable bonds is 6. The molecule has 0 aliphatic rings. The molecule has 2 aromatic carbocycles. The Bertz CT molecular complexity index is 1020. The monoisotopic (exact) mass is 370 g/mol. The second-order valence-corrected chi connectivity index (χ2v) is 9.00. The molecule has 0 bridgehead atoms. The van der Waals surface area contributed by atoms with Gasteiger partial charge in [-0.05, 0) is 30.5 Å². The van der Waals surface area contributed by atoms with Gasteiger partial charge in [0.05, 0.1) is 17.5 Å². The van der Waals surface area contributed by atoms with Crippen molar-refractivity contribution >= 4 is 26.6 Å². The Labute approximate surface area is 155 Å². The first-order valence-corrected chi connectivity index (χ1v) is 10.8. The summed E-state index contributed by atoms with van der Waals surface area (Å²) in [6, 6.07) is 14.4. The summed E-state index contributed by atoms with van der Waals surface area (Å²) in [5, 5.41) is 1.05. The zero-order valence-electron chi connectivity index (χ0n) is 15.8. The van der Waals surface area contributed by atoms with Crippen molar-refractivity contribution in [2.24, 2.45) is 0 Å². The van der Waals surface area contributed by atoms with Crippen LogP contribution in [0.1, 0.15) is 43.4 Å². The Kier molecular flexibility index (Phi) is 4.84. The van der Waals surface area contributed by atoms with Gasteiger partial charge >= 0.3 is 0 Å². The molecule has 3 aromatic rings. The predicted octanol–water partition coefficient (Wildman–Crippen LogP) is 4.95.